The predicted octanol–water partition coefficient (Wildman–Crippen LogP) is 5.56. The van der Waals surface area contributed by atoms with Crippen molar-refractivity contribution in [3.8, 4) is 11.5 Å². The van der Waals surface area contributed by atoms with Crippen LogP contribution in [0.4, 0.5) is 0 Å². The van der Waals surface area contributed by atoms with Crippen LogP contribution in [0.15, 0.2) is 41.4 Å². The molecule has 1 aliphatic heterocycles. The van der Waals surface area contributed by atoms with E-state index in [0.29, 0.717) is 24.3 Å². The summed E-state index contributed by atoms with van der Waals surface area (Å²) in [5, 5.41) is 0. The lowest BCUT2D eigenvalue weighted by Gasteiger charge is -2.35. The molecule has 0 aromatic heterocycles. The van der Waals surface area contributed by atoms with E-state index in [1.807, 2.05) is 12.1 Å². The van der Waals surface area contributed by atoms with Crippen molar-refractivity contribution in [2.24, 2.45) is 10.9 Å². The molecule has 2 aromatic rings. The van der Waals surface area contributed by atoms with Crippen LogP contribution in [0.1, 0.15) is 77.9 Å². The van der Waals surface area contributed by atoms with Gasteiger partial charge in [-0.1, -0.05) is 37.1 Å². The highest BCUT2D eigenvalue weighted by Gasteiger charge is 2.34. The van der Waals surface area contributed by atoms with E-state index >= 15 is 0 Å². The molecular weight excluding hydrogens is 374 g/mol. The molecule has 2 aromatic carbocycles. The van der Waals surface area contributed by atoms with Gasteiger partial charge >= 0.3 is 0 Å². The number of fused-ring (bicyclic) bond motifs is 3. The highest BCUT2D eigenvalue weighted by atomic mass is 16.5. The van der Waals surface area contributed by atoms with E-state index in [4.69, 9.17) is 14.5 Å². The highest BCUT2D eigenvalue weighted by Crippen LogP contribution is 2.44. The molecule has 30 heavy (non-hydrogen) atoms. The monoisotopic (exact) mass is 403 g/mol. The molecular formula is C26H29NO3. The Labute approximate surface area is 178 Å². The van der Waals surface area contributed by atoms with E-state index in [-0.39, 0.29) is 5.78 Å². The Bertz CT molecular complexity index is 988. The van der Waals surface area contributed by atoms with Gasteiger partial charge in [-0.3, -0.25) is 9.79 Å². The molecule has 2 saturated carbocycles. The van der Waals surface area contributed by atoms with Crippen molar-refractivity contribution in [1.82, 2.24) is 0 Å². The fourth-order valence-corrected chi connectivity index (χ4v) is 5.02. The average molecular weight is 404 g/mol. The number of hydrogen-bond acceptors (Lipinski definition) is 4. The lowest BCUT2D eigenvalue weighted by atomic mass is 9.75. The number of carbonyl (C=O) groups excluding carboxylic acids is 1. The molecule has 2 fully saturated rings. The summed E-state index contributed by atoms with van der Waals surface area (Å²) < 4.78 is 11.2. The first-order chi connectivity index (χ1) is 14.7. The van der Waals surface area contributed by atoms with Gasteiger partial charge in [0.2, 0.25) is 0 Å². The van der Waals surface area contributed by atoms with Crippen molar-refractivity contribution in [3.63, 3.8) is 0 Å². The second-order valence-electron chi connectivity index (χ2n) is 8.88. The average Bonchev–Trinajstić information content (AvgIpc) is 3.61. The molecule has 0 amide bonds. The van der Waals surface area contributed by atoms with Gasteiger partial charge in [0.1, 0.15) is 0 Å². The lowest BCUT2D eigenvalue weighted by molar-refractivity contribution is 0.0976. The SMILES string of the molecule is COc1cc2c(cc1OC)C1CCCCC1N=C2c1ccc(C(=O)CC2CC2)cc1. The van der Waals surface area contributed by atoms with Crippen LogP contribution in [0.3, 0.4) is 0 Å². The van der Waals surface area contributed by atoms with Crippen LogP contribution < -0.4 is 9.47 Å². The lowest BCUT2D eigenvalue weighted by Crippen LogP contribution is -2.29. The normalized spacial score (nSPS) is 22.5. The predicted molar refractivity (Wildman–Crippen MR) is 118 cm³/mol. The zero-order valence-corrected chi connectivity index (χ0v) is 17.8. The standard InChI is InChI=1S/C26H29NO3/c1-29-24-14-20-19-5-3-4-6-22(19)27-26(21(20)15-25(24)30-2)18-11-9-17(10-12-18)23(28)13-16-7-8-16/h9-12,14-16,19,22H,3-8,13H2,1-2H3. The maximum Gasteiger partial charge on any atom is 0.163 e. The van der Waals surface area contributed by atoms with E-state index in [2.05, 4.69) is 24.3 Å². The van der Waals surface area contributed by atoms with Crippen LogP contribution in [0, 0.1) is 5.92 Å². The van der Waals surface area contributed by atoms with E-state index in [9.17, 15) is 4.79 Å². The zero-order valence-electron chi connectivity index (χ0n) is 17.8. The number of nitrogens with zero attached hydrogens (tertiary/aromatic N) is 1. The second-order valence-corrected chi connectivity index (χ2v) is 8.88. The summed E-state index contributed by atoms with van der Waals surface area (Å²) in [6.45, 7) is 0. The minimum Gasteiger partial charge on any atom is -0.493 e. The first kappa shape index (κ1) is 19.3. The van der Waals surface area contributed by atoms with Gasteiger partial charge in [0.25, 0.3) is 0 Å². The van der Waals surface area contributed by atoms with Crippen molar-refractivity contribution in [3.05, 3.63) is 58.7 Å². The minimum atomic E-state index is 0.258. The fraction of sp³-hybridized carbons (Fsp3) is 0.462. The molecule has 0 radical (unpaired) electrons. The summed E-state index contributed by atoms with van der Waals surface area (Å²) in [5.74, 6) is 2.82. The third-order valence-electron chi connectivity index (χ3n) is 6.89. The Kier molecular flexibility index (Phi) is 5.10. The maximum atomic E-state index is 12.5. The first-order valence-electron chi connectivity index (χ1n) is 11.2. The Balaban J connectivity index is 1.54. The van der Waals surface area contributed by atoms with Gasteiger partial charge < -0.3 is 9.47 Å². The number of benzene rings is 2. The zero-order chi connectivity index (χ0) is 20.7. The van der Waals surface area contributed by atoms with Crippen LogP contribution in [-0.2, 0) is 0 Å². The van der Waals surface area contributed by atoms with Gasteiger partial charge in [0.05, 0.1) is 26.0 Å². The summed E-state index contributed by atoms with van der Waals surface area (Å²) in [4.78, 5) is 17.7. The quantitative estimate of drug-likeness (QED) is 0.593. The molecule has 2 atom stereocenters. The van der Waals surface area contributed by atoms with Crippen LogP contribution >= 0.6 is 0 Å². The molecule has 0 saturated heterocycles. The summed E-state index contributed by atoms with van der Waals surface area (Å²) in [7, 11) is 3.37. The number of hydrogen-bond donors (Lipinski definition) is 0. The number of ether oxygens (including phenoxy) is 2. The number of methoxy groups -OCH3 is 2. The molecule has 156 valence electrons. The molecule has 0 spiro atoms. The van der Waals surface area contributed by atoms with Crippen molar-refractivity contribution < 1.29 is 14.3 Å². The molecule has 2 aliphatic carbocycles. The Hall–Kier alpha value is -2.62. The highest BCUT2D eigenvalue weighted by molar-refractivity contribution is 6.15. The van der Waals surface area contributed by atoms with Crippen molar-refractivity contribution >= 4 is 11.5 Å². The van der Waals surface area contributed by atoms with Crippen LogP contribution in [0.5, 0.6) is 11.5 Å². The summed E-state index contributed by atoms with van der Waals surface area (Å²) in [5.41, 5.74) is 5.33. The molecule has 5 rings (SSSR count). The van der Waals surface area contributed by atoms with Gasteiger partial charge in [-0.15, -0.1) is 0 Å². The van der Waals surface area contributed by atoms with E-state index in [1.54, 1.807) is 14.2 Å². The second kappa shape index (κ2) is 7.90. The fourth-order valence-electron chi connectivity index (χ4n) is 5.02. The number of rotatable bonds is 6. The van der Waals surface area contributed by atoms with Crippen molar-refractivity contribution in [1.29, 1.82) is 0 Å². The number of Topliss-reactive ketones (excluding diaryl/α,β-unsaturated/α-hetero) is 1. The van der Waals surface area contributed by atoms with Gasteiger partial charge in [0.15, 0.2) is 17.3 Å². The number of aliphatic imine (C=N–C) groups is 1. The Morgan fingerprint density at radius 3 is 2.37 bits per heavy atom. The van der Waals surface area contributed by atoms with E-state index in [1.165, 1.54) is 37.7 Å². The maximum absolute atomic E-state index is 12.5. The van der Waals surface area contributed by atoms with Crippen molar-refractivity contribution in [2.45, 2.75) is 56.9 Å². The third-order valence-corrected chi connectivity index (χ3v) is 6.89. The molecule has 4 heteroatoms. The van der Waals surface area contributed by atoms with Gasteiger partial charge in [-0.25, -0.2) is 0 Å². The van der Waals surface area contributed by atoms with Gasteiger partial charge in [-0.2, -0.15) is 0 Å². The number of carbonyl (C=O) groups is 1. The van der Waals surface area contributed by atoms with Crippen LogP contribution in [-0.4, -0.2) is 31.8 Å². The molecule has 4 nitrogen and oxygen atoms in total. The Morgan fingerprint density at radius 2 is 1.67 bits per heavy atom. The smallest absolute Gasteiger partial charge is 0.163 e. The minimum absolute atomic E-state index is 0.258. The van der Waals surface area contributed by atoms with Gasteiger partial charge in [0, 0.05) is 29.0 Å². The summed E-state index contributed by atoms with van der Waals surface area (Å²) in [6, 6.07) is 12.6. The van der Waals surface area contributed by atoms with E-state index in [0.717, 1.165) is 40.3 Å². The molecule has 3 aliphatic rings. The summed E-state index contributed by atoms with van der Waals surface area (Å²) in [6.07, 6.45) is 7.85. The van der Waals surface area contributed by atoms with E-state index < -0.39 is 0 Å². The third kappa shape index (κ3) is 3.53. The molecule has 0 N–H and O–H groups in total. The Morgan fingerprint density at radius 1 is 0.967 bits per heavy atom. The summed E-state index contributed by atoms with van der Waals surface area (Å²) >= 11 is 0. The largest absolute Gasteiger partial charge is 0.493 e. The van der Waals surface area contributed by atoms with Crippen LogP contribution in [0.25, 0.3) is 0 Å². The molecule has 1 heterocycles. The topological polar surface area (TPSA) is 47.9 Å². The molecule has 2 unspecified atom stereocenters. The van der Waals surface area contributed by atoms with Gasteiger partial charge in [-0.05, 0) is 49.3 Å². The first-order valence-corrected chi connectivity index (χ1v) is 11.2. The van der Waals surface area contributed by atoms with Crippen molar-refractivity contribution in [2.75, 3.05) is 14.2 Å². The molecule has 0 bridgehead atoms. The number of ketones is 1. The van der Waals surface area contributed by atoms with Crippen LogP contribution in [0.2, 0.25) is 0 Å².